The minimum absolute atomic E-state index is 0. The van der Waals surface area contributed by atoms with E-state index in [1.807, 2.05) is 33.8 Å². The van der Waals surface area contributed by atoms with Gasteiger partial charge in [0.1, 0.15) is 23.3 Å². The van der Waals surface area contributed by atoms with Crippen molar-refractivity contribution in [2.45, 2.75) is 91.5 Å². The number of carbonyl (C=O) groups is 2. The first-order valence-electron chi connectivity index (χ1n) is 40.3. The summed E-state index contributed by atoms with van der Waals surface area (Å²) in [6, 6.07) is 28.5. The van der Waals surface area contributed by atoms with Crippen molar-refractivity contribution in [2.75, 3.05) is 43.8 Å². The van der Waals surface area contributed by atoms with Gasteiger partial charge < -0.3 is 48.5 Å². The third-order valence-corrected chi connectivity index (χ3v) is 17.8. The molecule has 0 unspecified atom stereocenters. The summed E-state index contributed by atoms with van der Waals surface area (Å²) in [5.41, 5.74) is 17.0. The summed E-state index contributed by atoms with van der Waals surface area (Å²) in [4.78, 5) is 32.2. The van der Waals surface area contributed by atoms with E-state index in [2.05, 4.69) is 114 Å². The molecule has 1 aliphatic heterocycles. The largest absolute Gasteiger partial charge is 1.00 e. The van der Waals surface area contributed by atoms with Crippen LogP contribution in [0.5, 0.6) is 0 Å². The van der Waals surface area contributed by atoms with E-state index in [1.54, 1.807) is 118 Å². The van der Waals surface area contributed by atoms with Crippen molar-refractivity contribution in [1.29, 1.82) is 0 Å². The number of pyridine rings is 2. The molecule has 113 heavy (non-hydrogen) atoms. The van der Waals surface area contributed by atoms with Gasteiger partial charge in [-0.1, -0.05) is 95.5 Å². The van der Waals surface area contributed by atoms with Crippen LogP contribution in [-0.4, -0.2) is 148 Å². The number of aryl methyl sites for hydroxylation is 5. The maximum absolute atomic E-state index is 15.1. The van der Waals surface area contributed by atoms with Gasteiger partial charge in [0, 0.05) is 147 Å². The van der Waals surface area contributed by atoms with Gasteiger partial charge in [-0.15, -0.1) is 0 Å². The van der Waals surface area contributed by atoms with E-state index in [4.69, 9.17) is 64.5 Å². The molecule has 4 aromatic carbocycles. The third-order valence-electron chi connectivity index (χ3n) is 15.7. The molecule has 0 bridgehead atoms. The molecule has 1 radical (unpaired) electrons. The normalized spacial score (nSPS) is 14.8. The Balaban J connectivity index is 0.000000551. The number of alkyl halides is 1. The van der Waals surface area contributed by atoms with E-state index in [0.717, 1.165) is 45.4 Å². The maximum Gasteiger partial charge on any atom is 1.00 e. The Hall–Kier alpha value is -7.99. The Morgan fingerprint density at radius 1 is 0.726 bits per heavy atom. The predicted molar refractivity (Wildman–Crippen MR) is 454 cm³/mol. The molecule has 2 atom stereocenters. The van der Waals surface area contributed by atoms with Crippen LogP contribution in [0.15, 0.2) is 180 Å². The number of rotatable bonds is 15. The first kappa shape index (κ1) is 77.6. The van der Waals surface area contributed by atoms with Crippen molar-refractivity contribution in [1.82, 2.24) is 69.9 Å². The van der Waals surface area contributed by atoms with Crippen molar-refractivity contribution in [2.24, 2.45) is 32.2 Å². The van der Waals surface area contributed by atoms with Gasteiger partial charge in [0.2, 0.25) is 0 Å². The molecule has 38 heteroatoms. The van der Waals surface area contributed by atoms with Crippen molar-refractivity contribution in [3.63, 3.8) is 0 Å². The average molecular weight is 1820 g/mol. The molecule has 12 rings (SSSR count). The Morgan fingerprint density at radius 2 is 1.22 bits per heavy atom. The number of aliphatic hydroxyl groups excluding tert-OH is 2. The van der Waals surface area contributed by atoms with Crippen LogP contribution in [0.2, 0.25) is 10.0 Å². The zero-order valence-corrected chi connectivity index (χ0v) is 70.3. The molecule has 0 aliphatic carbocycles. The summed E-state index contributed by atoms with van der Waals surface area (Å²) in [5, 5.41) is 46.7. The maximum atomic E-state index is 15.1. The molecule has 7 aromatic heterocycles. The van der Waals surface area contributed by atoms with Gasteiger partial charge in [-0.05, 0) is 170 Å². The van der Waals surface area contributed by atoms with Crippen LogP contribution in [0, 0.1) is 39.3 Å². The predicted octanol–water partition coefficient (Wildman–Crippen LogP) is 10.6. The average Bonchev–Trinajstić information content (AvgIpc) is 1.61. The second kappa shape index (κ2) is 51.1. The minimum atomic E-state index is -3.66. The number of aromatic nitrogens is 12. The number of halogens is 6. The van der Waals surface area contributed by atoms with E-state index in [1.165, 1.54) is 90.5 Å². The number of nitrogens with two attached hydrogens (primary N) is 2. The van der Waals surface area contributed by atoms with Gasteiger partial charge >= 0.3 is 61.1 Å². The van der Waals surface area contributed by atoms with Crippen LogP contribution in [-0.2, 0) is 56.0 Å². The second-order valence-corrected chi connectivity index (χ2v) is 27.2. The molecule has 601 valence electrons. The van der Waals surface area contributed by atoms with E-state index in [9.17, 15) is 28.2 Å². The number of hydrogen-bond donors (Lipinski definition) is 8. The van der Waals surface area contributed by atoms with Crippen molar-refractivity contribution in [3.05, 3.63) is 243 Å². The minimum Gasteiger partial charge on any atom is -0.343 e. The number of thiol groups is 1. The third kappa shape index (κ3) is 32.7. The van der Waals surface area contributed by atoms with Gasteiger partial charge in [-0.2, -0.15) is 40.3 Å². The Morgan fingerprint density at radius 3 is 1.56 bits per heavy atom. The molecule has 11 aromatic rings. The molecular weight excluding hydrogens is 1710 g/mol. The number of nitrogen functional groups attached to an aromatic ring is 2. The van der Waals surface area contributed by atoms with Crippen LogP contribution < -0.4 is 46.4 Å². The van der Waals surface area contributed by atoms with Crippen molar-refractivity contribution in [3.8, 4) is 33.4 Å². The van der Waals surface area contributed by atoms with Gasteiger partial charge in [-0.3, -0.25) is 41.8 Å². The number of anilines is 2. The first-order chi connectivity index (χ1) is 58.9. The number of amides is 2. The van der Waals surface area contributed by atoms with Crippen LogP contribution in [0.4, 0.5) is 20.4 Å². The molecule has 2 amide bonds. The number of nitrogens with one attached hydrogen (secondary N) is 3. The second-order valence-electron chi connectivity index (χ2n) is 23.7. The van der Waals surface area contributed by atoms with Gasteiger partial charge in [0.05, 0.1) is 78.7 Å². The van der Waals surface area contributed by atoms with Gasteiger partial charge in [-0.25, -0.2) is 18.7 Å². The van der Waals surface area contributed by atoms with Gasteiger partial charge in [0.15, 0.2) is 0 Å². The number of nitrogens with zero attached hydrogens (tertiary/aromatic N) is 12. The van der Waals surface area contributed by atoms with Gasteiger partial charge in [0.25, 0.3) is 11.8 Å². The number of benzene rings is 4. The smallest absolute Gasteiger partial charge is 0.343 e. The number of H-pyrrole nitrogens is 1. The van der Waals surface area contributed by atoms with Crippen LogP contribution >= 0.6 is 74.5 Å². The number of aromatic amines is 1. The fourth-order valence-corrected chi connectivity index (χ4v) is 9.60. The Labute approximate surface area is 732 Å². The molecular formula is C75H95B2BrCl2F2ILiN17O10S2. The molecule has 27 nitrogen and oxygen atoms in total. The number of hydrogen-bond acceptors (Lipinski definition) is 21. The fourth-order valence-electron chi connectivity index (χ4n) is 8.81. The SMILES string of the molecule is CC1(C)OB(c2cnc(N)c(-c3ccc(C(=O)N[C@H](CO)c4cccc(Cl)c4)c(F)c3)c2)OC1(C)C.COS(=O)(=O)OC.[2H]C([2H])([2H])I.[2H]C([2H])([2H])n1cccn1.[2H]C([2H])([2H])n1ncc(-c2cnc(N)c(-c3ccc(C(=O)N[C@H](CO)c4cccc(Cl)c4)c(F)c3)c2)c1C.[2H]C([2H])([2H])n1ncc(Br)c1C.[2H]C([2H])([2H])n1nccc1C.[B]=NS.[CH2-]CCC.[Li+].c1cn[nH]c1. The van der Waals surface area contributed by atoms with E-state index in [0.29, 0.717) is 81.6 Å². The Kier molecular flexibility index (Phi) is 35.1. The van der Waals surface area contributed by atoms with Crippen molar-refractivity contribution < 1.29 is 94.1 Å². The quantitative estimate of drug-likeness (QED) is 0.0155. The molecule has 0 saturated carbocycles. The monoisotopic (exact) mass is 1820 g/mol. The van der Waals surface area contributed by atoms with Crippen molar-refractivity contribution >= 4 is 129 Å². The first-order valence-corrected chi connectivity index (χ1v) is 37.2. The van der Waals surface area contributed by atoms with E-state index in [-0.39, 0.29) is 48.2 Å². The summed E-state index contributed by atoms with van der Waals surface area (Å²) < 4.78 is 181. The van der Waals surface area contributed by atoms with E-state index >= 15 is 8.78 Å². The molecule has 0 spiro atoms. The molecule has 8 heterocycles. The number of unbranched alkanes of at least 4 members (excludes halogenated alkanes) is 1. The Bertz CT molecular complexity index is 5360. The zero-order valence-electron chi connectivity index (χ0n) is 78.3. The molecule has 9 N–H and O–H groups in total. The summed E-state index contributed by atoms with van der Waals surface area (Å²) >= 11 is 19.7. The standard InChI is InChI=1S/C26H28BClFN3O4.C25H23ClFN5O2.C5H7BrN2.C5H8N2.C4H6N2.C4H9.C3H4N2.C2H6O4S.CH3I.BHNS.Li/c1-25(2)26(3,4)36-27(35-25)17-12-20(23(30)31-13-17)15-8-9-19(21(29)11-15)24(34)32-22(14-33)16-6-5-7-18(28)10-16;1-14-21(12-30-32(14)2)17-9-20(24(28)29-11-17)15-6-7-19(22(27)10-15)25(34)31-23(13-33)16-4-3-5-18(26)8-16;1-4-5(6)3-7-8(4)2;1-5-3-4-6-7(5)2;1-6-4-2-3-5-6;1-3-4-2;1-2-4-5-3-1;1-5-7(3,4)6-2;1-2;1-2-3;/h5-13,22,33H,14H2,1-4H3,(H2,30,31)(H,32,34);3-12,23,33H,13H2,1-2H3,(H2,28,29)(H,31,34);3H,1-2H3;3-4H,1-2H3;2-4H,1H3;1,3-4H2,2H3;1-3H,(H,4,5);1-2H3;1H3;3H;/q;;;;;-1;;;;;+1/t22-;23-;;;;;;;;;/m11........./s1/i;3*2D3;1D3;;;;1D3;;. The number of carbonyl (C=O) groups excluding carboxylic acids is 2. The summed E-state index contributed by atoms with van der Waals surface area (Å²) in [6.45, 7) is 8.91. The summed E-state index contributed by atoms with van der Waals surface area (Å²) in [7, 11) is 2.08. The zero-order chi connectivity index (χ0) is 96.6. The summed E-state index contributed by atoms with van der Waals surface area (Å²) in [5.74, 6) is -2.59. The molecule has 1 fully saturated rings. The fraction of sp³-hybridized carbons (Fsp3) is 0.307. The van der Waals surface area contributed by atoms with Crippen LogP contribution in [0.25, 0.3) is 33.4 Å². The topological polar surface area (TPSA) is 360 Å². The van der Waals surface area contributed by atoms with E-state index < -0.39 is 104 Å². The van der Waals surface area contributed by atoms with Crippen LogP contribution in [0.3, 0.4) is 0 Å². The number of aliphatic hydroxyl groups is 2. The molecule has 1 aliphatic rings. The van der Waals surface area contributed by atoms with Crippen LogP contribution in [0.1, 0.15) is 129 Å². The molecule has 1 saturated heterocycles. The summed E-state index contributed by atoms with van der Waals surface area (Å²) in [6.07, 6.45) is 16.0.